The van der Waals surface area contributed by atoms with E-state index in [1.165, 1.54) is 6.20 Å². The van der Waals surface area contributed by atoms with E-state index in [9.17, 15) is 9.59 Å². The quantitative estimate of drug-likeness (QED) is 0.909. The zero-order valence-electron chi connectivity index (χ0n) is 15.7. The zero-order valence-corrected chi connectivity index (χ0v) is 15.7. The summed E-state index contributed by atoms with van der Waals surface area (Å²) in [6.45, 7) is 3.82. The SMILES string of the molecule is Cc1cnc(C(=O)NC2CC3CCC(C2)N3C(=O)c2ccccc2C)cn1. The second-order valence-electron chi connectivity index (χ2n) is 7.60. The number of fused-ring (bicyclic) bond motifs is 2. The molecule has 2 amide bonds. The van der Waals surface area contributed by atoms with Crippen LogP contribution in [0.3, 0.4) is 0 Å². The van der Waals surface area contributed by atoms with Crippen molar-refractivity contribution in [2.75, 3.05) is 0 Å². The molecule has 4 rings (SSSR count). The van der Waals surface area contributed by atoms with Gasteiger partial charge in [-0.1, -0.05) is 18.2 Å². The molecule has 0 saturated carbocycles. The number of hydrogen-bond acceptors (Lipinski definition) is 4. The lowest BCUT2D eigenvalue weighted by Gasteiger charge is -2.39. The van der Waals surface area contributed by atoms with E-state index in [0.717, 1.165) is 42.5 Å². The van der Waals surface area contributed by atoms with Crippen molar-refractivity contribution in [1.29, 1.82) is 0 Å². The van der Waals surface area contributed by atoms with Gasteiger partial charge < -0.3 is 10.2 Å². The monoisotopic (exact) mass is 364 g/mol. The molecule has 1 aromatic heterocycles. The first-order valence-electron chi connectivity index (χ1n) is 9.50. The number of amides is 2. The molecule has 1 aromatic carbocycles. The van der Waals surface area contributed by atoms with Crippen molar-refractivity contribution in [1.82, 2.24) is 20.2 Å². The van der Waals surface area contributed by atoms with Crippen molar-refractivity contribution >= 4 is 11.8 Å². The Morgan fingerprint density at radius 3 is 2.37 bits per heavy atom. The molecule has 140 valence electrons. The average Bonchev–Trinajstić information content (AvgIpc) is 2.93. The Kier molecular flexibility index (Phi) is 4.64. The third-order valence-electron chi connectivity index (χ3n) is 5.69. The van der Waals surface area contributed by atoms with E-state index in [2.05, 4.69) is 20.2 Å². The highest BCUT2D eigenvalue weighted by Crippen LogP contribution is 2.37. The lowest BCUT2D eigenvalue weighted by molar-refractivity contribution is 0.0548. The maximum atomic E-state index is 13.1. The molecule has 2 atom stereocenters. The molecule has 2 fully saturated rings. The Bertz CT molecular complexity index is 851. The second kappa shape index (κ2) is 7.10. The number of aryl methyl sites for hydroxylation is 2. The van der Waals surface area contributed by atoms with E-state index in [4.69, 9.17) is 0 Å². The summed E-state index contributed by atoms with van der Waals surface area (Å²) in [4.78, 5) is 35.9. The minimum atomic E-state index is -0.189. The van der Waals surface area contributed by atoms with Crippen LogP contribution < -0.4 is 5.32 Å². The summed E-state index contributed by atoms with van der Waals surface area (Å²) in [6, 6.07) is 8.19. The number of aromatic nitrogens is 2. The molecule has 0 spiro atoms. The van der Waals surface area contributed by atoms with Gasteiger partial charge in [0.05, 0.1) is 11.9 Å². The fraction of sp³-hybridized carbons (Fsp3) is 0.429. The van der Waals surface area contributed by atoms with Gasteiger partial charge in [0, 0.05) is 29.9 Å². The Morgan fingerprint density at radius 2 is 1.74 bits per heavy atom. The number of carbonyl (C=O) groups is 2. The highest BCUT2D eigenvalue weighted by molar-refractivity contribution is 5.96. The molecule has 0 aliphatic carbocycles. The summed E-state index contributed by atoms with van der Waals surface area (Å²) < 4.78 is 0. The topological polar surface area (TPSA) is 75.2 Å². The van der Waals surface area contributed by atoms with Crippen molar-refractivity contribution in [3.05, 3.63) is 59.2 Å². The first-order valence-corrected chi connectivity index (χ1v) is 9.50. The number of nitrogens with zero attached hydrogens (tertiary/aromatic N) is 3. The molecule has 2 aromatic rings. The van der Waals surface area contributed by atoms with Crippen LogP contribution in [-0.4, -0.2) is 44.8 Å². The summed E-state index contributed by atoms with van der Waals surface area (Å²) in [5, 5.41) is 3.09. The van der Waals surface area contributed by atoms with Crippen LogP contribution in [0, 0.1) is 13.8 Å². The molecule has 1 N–H and O–H groups in total. The number of nitrogens with one attached hydrogen (secondary N) is 1. The number of hydrogen-bond donors (Lipinski definition) is 1. The summed E-state index contributed by atoms with van der Waals surface area (Å²) in [5.41, 5.74) is 2.92. The summed E-state index contributed by atoms with van der Waals surface area (Å²) >= 11 is 0. The second-order valence-corrected chi connectivity index (χ2v) is 7.60. The molecule has 3 heterocycles. The highest BCUT2D eigenvalue weighted by atomic mass is 16.2. The van der Waals surface area contributed by atoms with Gasteiger partial charge in [-0.05, 0) is 51.2 Å². The molecule has 2 aliphatic rings. The van der Waals surface area contributed by atoms with Crippen molar-refractivity contribution in [2.45, 2.75) is 57.7 Å². The third kappa shape index (κ3) is 3.44. The van der Waals surface area contributed by atoms with E-state index in [0.29, 0.717) is 5.69 Å². The van der Waals surface area contributed by atoms with E-state index in [-0.39, 0.29) is 29.9 Å². The molecule has 0 radical (unpaired) electrons. The predicted molar refractivity (Wildman–Crippen MR) is 101 cm³/mol. The normalized spacial score (nSPS) is 23.9. The molecule has 2 unspecified atom stereocenters. The van der Waals surface area contributed by atoms with E-state index in [1.807, 2.05) is 38.1 Å². The fourth-order valence-electron chi connectivity index (χ4n) is 4.35. The zero-order chi connectivity index (χ0) is 19.0. The van der Waals surface area contributed by atoms with Crippen LogP contribution in [0.2, 0.25) is 0 Å². The predicted octanol–water partition coefficient (Wildman–Crippen LogP) is 2.66. The molecular weight excluding hydrogens is 340 g/mol. The average molecular weight is 364 g/mol. The van der Waals surface area contributed by atoms with Crippen LogP contribution in [0.1, 0.15) is 57.8 Å². The van der Waals surface area contributed by atoms with Gasteiger partial charge in [-0.15, -0.1) is 0 Å². The highest BCUT2D eigenvalue weighted by Gasteiger charge is 2.44. The molecular formula is C21H24N4O2. The summed E-state index contributed by atoms with van der Waals surface area (Å²) in [5.74, 6) is -0.0691. The number of piperidine rings is 1. The van der Waals surface area contributed by atoms with Crippen molar-refractivity contribution < 1.29 is 9.59 Å². The first-order chi connectivity index (χ1) is 13.0. The van der Waals surface area contributed by atoms with Gasteiger partial charge in [-0.25, -0.2) is 4.98 Å². The van der Waals surface area contributed by atoms with Gasteiger partial charge in [0.2, 0.25) is 0 Å². The van der Waals surface area contributed by atoms with E-state index >= 15 is 0 Å². The molecule has 2 bridgehead atoms. The lowest BCUT2D eigenvalue weighted by Crippen LogP contribution is -2.52. The Labute approximate surface area is 159 Å². The van der Waals surface area contributed by atoms with Crippen LogP contribution in [0.15, 0.2) is 36.7 Å². The minimum Gasteiger partial charge on any atom is -0.348 e. The van der Waals surface area contributed by atoms with Crippen molar-refractivity contribution in [3.63, 3.8) is 0 Å². The van der Waals surface area contributed by atoms with Crippen LogP contribution in [0.25, 0.3) is 0 Å². The minimum absolute atomic E-state index is 0.0685. The Hall–Kier alpha value is -2.76. The smallest absolute Gasteiger partial charge is 0.271 e. The number of rotatable bonds is 3. The molecule has 6 nitrogen and oxygen atoms in total. The van der Waals surface area contributed by atoms with Crippen molar-refractivity contribution in [2.24, 2.45) is 0 Å². The number of benzene rings is 1. The largest absolute Gasteiger partial charge is 0.348 e. The maximum Gasteiger partial charge on any atom is 0.271 e. The standard InChI is InChI=1S/C21H24N4O2/c1-13-5-3-4-6-18(13)21(27)25-16-7-8-17(25)10-15(9-16)24-20(26)19-12-22-14(2)11-23-19/h3-6,11-12,15-17H,7-10H2,1-2H3,(H,24,26). The third-order valence-corrected chi connectivity index (χ3v) is 5.69. The number of carbonyl (C=O) groups excluding carboxylic acids is 2. The molecule has 6 heteroatoms. The summed E-state index contributed by atoms with van der Waals surface area (Å²) in [7, 11) is 0. The van der Waals surface area contributed by atoms with Crippen LogP contribution in [-0.2, 0) is 0 Å². The van der Waals surface area contributed by atoms with Gasteiger partial charge in [0.15, 0.2) is 0 Å². The fourth-order valence-corrected chi connectivity index (χ4v) is 4.35. The molecule has 2 saturated heterocycles. The van der Waals surface area contributed by atoms with Crippen LogP contribution >= 0.6 is 0 Å². The Morgan fingerprint density at radius 1 is 1.04 bits per heavy atom. The molecule has 2 aliphatic heterocycles. The molecule has 27 heavy (non-hydrogen) atoms. The van der Waals surface area contributed by atoms with Gasteiger partial charge in [-0.3, -0.25) is 14.6 Å². The van der Waals surface area contributed by atoms with Gasteiger partial charge >= 0.3 is 0 Å². The van der Waals surface area contributed by atoms with Crippen LogP contribution in [0.5, 0.6) is 0 Å². The van der Waals surface area contributed by atoms with Gasteiger partial charge in [-0.2, -0.15) is 0 Å². The maximum absolute atomic E-state index is 13.1. The van der Waals surface area contributed by atoms with Gasteiger partial charge in [0.1, 0.15) is 5.69 Å². The van der Waals surface area contributed by atoms with Gasteiger partial charge in [0.25, 0.3) is 11.8 Å². The van der Waals surface area contributed by atoms with Crippen LogP contribution in [0.4, 0.5) is 0 Å². The van der Waals surface area contributed by atoms with Crippen molar-refractivity contribution in [3.8, 4) is 0 Å². The first kappa shape index (κ1) is 17.6. The van der Waals surface area contributed by atoms with E-state index in [1.54, 1.807) is 6.20 Å². The lowest BCUT2D eigenvalue weighted by atomic mass is 9.95. The Balaban J connectivity index is 1.44. The summed E-state index contributed by atoms with van der Waals surface area (Å²) in [6.07, 6.45) is 6.69. The van der Waals surface area contributed by atoms with E-state index < -0.39 is 0 Å².